The fourth-order valence-electron chi connectivity index (χ4n) is 5.29. The molecule has 2 aliphatic heterocycles. The number of imidazole rings is 1. The van der Waals surface area contributed by atoms with Gasteiger partial charge in [0.2, 0.25) is 5.95 Å². The van der Waals surface area contributed by atoms with E-state index in [9.17, 15) is 26.3 Å². The number of anilines is 3. The van der Waals surface area contributed by atoms with Crippen LogP contribution in [0.2, 0.25) is 25.7 Å². The molecule has 0 atom stereocenters. The lowest BCUT2D eigenvalue weighted by Crippen LogP contribution is -2.48. The van der Waals surface area contributed by atoms with Crippen molar-refractivity contribution in [2.24, 2.45) is 0 Å². The highest BCUT2D eigenvalue weighted by molar-refractivity contribution is 6.76. The van der Waals surface area contributed by atoms with Gasteiger partial charge < -0.3 is 24.2 Å². The Morgan fingerprint density at radius 1 is 0.884 bits per heavy atom. The van der Waals surface area contributed by atoms with Crippen LogP contribution in [0.1, 0.15) is 11.1 Å². The van der Waals surface area contributed by atoms with E-state index in [2.05, 4.69) is 24.6 Å². The van der Waals surface area contributed by atoms with E-state index < -0.39 is 31.6 Å². The molecule has 0 saturated carbocycles. The van der Waals surface area contributed by atoms with Gasteiger partial charge in [-0.1, -0.05) is 19.6 Å². The fraction of sp³-hybridized carbons (Fsp3) is 0.571. The van der Waals surface area contributed by atoms with Gasteiger partial charge in [-0.25, -0.2) is 9.97 Å². The third kappa shape index (κ3) is 7.20. The van der Waals surface area contributed by atoms with E-state index in [1.165, 1.54) is 12.3 Å². The molecule has 1 aromatic carbocycles. The second-order valence-electron chi connectivity index (χ2n) is 12.0. The summed E-state index contributed by atoms with van der Waals surface area (Å²) in [7, 11) is -1.42. The second kappa shape index (κ2) is 12.2. The van der Waals surface area contributed by atoms with Crippen molar-refractivity contribution in [1.82, 2.24) is 14.5 Å². The minimum atomic E-state index is -4.58. The monoisotopic (exact) mass is 630 g/mol. The predicted octanol–water partition coefficient (Wildman–Crippen LogP) is 5.94. The first-order valence-corrected chi connectivity index (χ1v) is 18.0. The van der Waals surface area contributed by atoms with Crippen molar-refractivity contribution in [1.29, 1.82) is 0 Å². The van der Waals surface area contributed by atoms with Gasteiger partial charge in [-0.05, 0) is 30.3 Å². The van der Waals surface area contributed by atoms with E-state index in [1.54, 1.807) is 9.47 Å². The Kier molecular flexibility index (Phi) is 8.87. The van der Waals surface area contributed by atoms with Crippen LogP contribution >= 0.6 is 0 Å². The minimum Gasteiger partial charge on any atom is -0.378 e. The van der Waals surface area contributed by atoms with Gasteiger partial charge in [0.25, 0.3) is 0 Å². The Balaban J connectivity index is 1.51. The highest BCUT2D eigenvalue weighted by atomic mass is 28.3. The quantitative estimate of drug-likeness (QED) is 0.173. The van der Waals surface area contributed by atoms with Crippen LogP contribution in [0.25, 0.3) is 11.0 Å². The maximum Gasteiger partial charge on any atom is 0.419 e. The maximum absolute atomic E-state index is 14.1. The zero-order valence-corrected chi connectivity index (χ0v) is 25.4. The van der Waals surface area contributed by atoms with Crippen LogP contribution in [0, 0.1) is 0 Å². The summed E-state index contributed by atoms with van der Waals surface area (Å²) < 4.78 is 96.4. The number of fused-ring (bicyclic) bond motifs is 1. The number of aromatic nitrogens is 3. The van der Waals surface area contributed by atoms with Gasteiger partial charge >= 0.3 is 12.4 Å². The molecule has 236 valence electrons. The van der Waals surface area contributed by atoms with E-state index in [0.717, 1.165) is 24.2 Å². The molecule has 0 spiro atoms. The Labute approximate surface area is 247 Å². The topological polar surface area (TPSA) is 58.9 Å². The van der Waals surface area contributed by atoms with Crippen molar-refractivity contribution in [3.8, 4) is 0 Å². The van der Waals surface area contributed by atoms with Crippen molar-refractivity contribution in [2.45, 2.75) is 44.8 Å². The van der Waals surface area contributed by atoms with Crippen LogP contribution < -0.4 is 14.7 Å². The normalized spacial score (nSPS) is 17.3. The molecule has 0 unspecified atom stereocenters. The molecule has 0 N–H and O–H groups in total. The largest absolute Gasteiger partial charge is 0.419 e. The average molecular weight is 631 g/mol. The van der Waals surface area contributed by atoms with Gasteiger partial charge in [0.15, 0.2) is 0 Å². The highest BCUT2D eigenvalue weighted by Gasteiger charge is 2.37. The molecular weight excluding hydrogens is 594 g/mol. The molecule has 43 heavy (non-hydrogen) atoms. The lowest BCUT2D eigenvalue weighted by Gasteiger charge is -2.37. The van der Waals surface area contributed by atoms with Crippen LogP contribution in [0.15, 0.2) is 30.5 Å². The number of piperazine rings is 1. The molecule has 8 nitrogen and oxygen atoms in total. The van der Waals surface area contributed by atoms with Crippen molar-refractivity contribution >= 4 is 36.6 Å². The molecule has 0 amide bonds. The number of benzene rings is 1. The van der Waals surface area contributed by atoms with Gasteiger partial charge in [0.1, 0.15) is 18.1 Å². The maximum atomic E-state index is 14.1. The molecule has 2 aliphatic rings. The molecular formula is C28H36F6N6O2Si. The van der Waals surface area contributed by atoms with E-state index in [4.69, 9.17) is 14.5 Å². The lowest BCUT2D eigenvalue weighted by molar-refractivity contribution is -0.138. The standard InChI is InChI=1S/C28H36F6N6O2Si/c1-43(2,3)16-15-42-19-40-23-18-20(27(29,30)31)17-22(37-11-13-41-14-12-37)24(23)36-26(40)39-9-7-38(8-10-39)25-21(28(32,33)34)5-4-6-35-25/h4-6,17-18H,7-16,19H2,1-3H3. The van der Waals surface area contributed by atoms with Crippen molar-refractivity contribution in [2.75, 3.05) is 73.8 Å². The van der Waals surface area contributed by atoms with Gasteiger partial charge in [-0.2, -0.15) is 26.3 Å². The van der Waals surface area contributed by atoms with Gasteiger partial charge in [0.05, 0.1) is 35.5 Å². The van der Waals surface area contributed by atoms with Crippen LogP contribution in [0.4, 0.5) is 43.8 Å². The number of alkyl halides is 6. The molecule has 4 heterocycles. The molecule has 5 rings (SSSR count). The summed E-state index contributed by atoms with van der Waals surface area (Å²) in [5, 5.41) is 0. The molecule has 0 bridgehead atoms. The van der Waals surface area contributed by atoms with Crippen LogP contribution in [0.3, 0.4) is 0 Å². The molecule has 15 heteroatoms. The summed E-state index contributed by atoms with van der Waals surface area (Å²) in [4.78, 5) is 14.2. The first kappa shape index (κ1) is 31.4. The van der Waals surface area contributed by atoms with Gasteiger partial charge in [0, 0.05) is 60.1 Å². The number of ether oxygens (including phenoxy) is 2. The van der Waals surface area contributed by atoms with Gasteiger partial charge in [-0.3, -0.25) is 4.57 Å². The first-order chi connectivity index (χ1) is 20.2. The van der Waals surface area contributed by atoms with Crippen molar-refractivity contribution in [3.05, 3.63) is 41.6 Å². The second-order valence-corrected chi connectivity index (χ2v) is 17.6. The smallest absolute Gasteiger partial charge is 0.378 e. The summed E-state index contributed by atoms with van der Waals surface area (Å²) in [6.45, 7) is 9.77. The minimum absolute atomic E-state index is 0.00114. The lowest BCUT2D eigenvalue weighted by atomic mass is 10.1. The highest BCUT2D eigenvalue weighted by Crippen LogP contribution is 2.39. The summed E-state index contributed by atoms with van der Waals surface area (Å²) in [6, 6.07) is 5.40. The number of halogens is 6. The summed E-state index contributed by atoms with van der Waals surface area (Å²) in [6.07, 6.45) is -7.79. The van der Waals surface area contributed by atoms with Crippen LogP contribution in [-0.4, -0.2) is 81.7 Å². The first-order valence-electron chi connectivity index (χ1n) is 14.3. The predicted molar refractivity (Wildman–Crippen MR) is 156 cm³/mol. The Morgan fingerprint density at radius 3 is 2.19 bits per heavy atom. The van der Waals surface area contributed by atoms with Crippen LogP contribution in [0.5, 0.6) is 0 Å². The summed E-state index contributed by atoms with van der Waals surface area (Å²) in [5.41, 5.74) is -0.495. The Bertz CT molecular complexity index is 1410. The van der Waals surface area contributed by atoms with Crippen LogP contribution in [-0.2, 0) is 28.6 Å². The number of morpholine rings is 1. The zero-order valence-electron chi connectivity index (χ0n) is 24.4. The molecule has 0 radical (unpaired) electrons. The Morgan fingerprint density at radius 2 is 1.56 bits per heavy atom. The molecule has 3 aromatic rings. The number of rotatable bonds is 8. The summed E-state index contributed by atoms with van der Waals surface area (Å²) in [5.74, 6) is 0.288. The molecule has 2 aromatic heterocycles. The van der Waals surface area contributed by atoms with Crippen molar-refractivity contribution < 1.29 is 35.8 Å². The fourth-order valence-corrected chi connectivity index (χ4v) is 6.05. The molecule has 2 saturated heterocycles. The van der Waals surface area contributed by atoms with Crippen molar-refractivity contribution in [3.63, 3.8) is 0 Å². The number of hydrogen-bond acceptors (Lipinski definition) is 7. The number of pyridine rings is 1. The Hall–Kier alpha value is -3.04. The van der Waals surface area contributed by atoms with E-state index in [0.29, 0.717) is 68.7 Å². The SMILES string of the molecule is C[Si](C)(C)CCOCn1c(N2CCN(c3ncccc3C(F)(F)F)CC2)nc2c(N3CCOCC3)cc(C(F)(F)F)cc21. The molecule has 2 fully saturated rings. The number of nitrogens with zero attached hydrogens (tertiary/aromatic N) is 6. The summed E-state index contributed by atoms with van der Waals surface area (Å²) >= 11 is 0. The van der Waals surface area contributed by atoms with E-state index in [-0.39, 0.29) is 25.6 Å². The third-order valence-corrected chi connectivity index (χ3v) is 9.37. The third-order valence-electron chi connectivity index (χ3n) is 7.66. The van der Waals surface area contributed by atoms with E-state index in [1.807, 2.05) is 9.80 Å². The van der Waals surface area contributed by atoms with Gasteiger partial charge in [-0.15, -0.1) is 0 Å². The number of hydrogen-bond donors (Lipinski definition) is 0. The average Bonchev–Trinajstić information content (AvgIpc) is 3.32. The molecule has 0 aliphatic carbocycles. The zero-order chi connectivity index (χ0) is 31.0. The van der Waals surface area contributed by atoms with E-state index >= 15 is 0 Å².